The van der Waals surface area contributed by atoms with Crippen molar-refractivity contribution < 1.29 is 0 Å². The monoisotopic (exact) mass is 399 g/mol. The van der Waals surface area contributed by atoms with Gasteiger partial charge < -0.3 is 14.7 Å². The molecule has 154 valence electrons. The zero-order valence-electron chi connectivity index (χ0n) is 17.8. The molecule has 5 rings (SSSR count). The first-order chi connectivity index (χ1) is 14.7. The van der Waals surface area contributed by atoms with Crippen LogP contribution in [0.5, 0.6) is 0 Å². The summed E-state index contributed by atoms with van der Waals surface area (Å²) in [6, 6.07) is 21.6. The Morgan fingerprint density at radius 3 is 2.33 bits per heavy atom. The van der Waals surface area contributed by atoms with E-state index in [-0.39, 0.29) is 0 Å². The fourth-order valence-corrected chi connectivity index (χ4v) is 4.63. The number of nitrogens with zero attached hydrogens (tertiary/aromatic N) is 5. The molecule has 0 radical (unpaired) electrons. The molecule has 0 saturated carbocycles. The van der Waals surface area contributed by atoms with Crippen molar-refractivity contribution in [2.45, 2.75) is 26.3 Å². The highest BCUT2D eigenvalue weighted by Crippen LogP contribution is 2.38. The summed E-state index contributed by atoms with van der Waals surface area (Å²) >= 11 is 0. The van der Waals surface area contributed by atoms with Gasteiger partial charge in [-0.2, -0.15) is 0 Å². The maximum atomic E-state index is 5.04. The van der Waals surface area contributed by atoms with Crippen LogP contribution in [0.3, 0.4) is 0 Å². The van der Waals surface area contributed by atoms with Gasteiger partial charge in [-0.25, -0.2) is 9.97 Å². The number of fused-ring (bicyclic) bond motifs is 1. The van der Waals surface area contributed by atoms with Gasteiger partial charge in [-0.1, -0.05) is 55.5 Å². The van der Waals surface area contributed by atoms with Crippen LogP contribution in [0.25, 0.3) is 11.4 Å². The van der Waals surface area contributed by atoms with Crippen molar-refractivity contribution in [1.29, 1.82) is 0 Å². The Bertz CT molecular complexity index is 1010. The number of rotatable bonds is 4. The molecule has 3 heterocycles. The highest BCUT2D eigenvalue weighted by atomic mass is 15.3. The largest absolute Gasteiger partial charge is 0.354 e. The summed E-state index contributed by atoms with van der Waals surface area (Å²) in [5.41, 5.74) is 3.72. The first-order valence-electron chi connectivity index (χ1n) is 11.0. The molecule has 0 aliphatic carbocycles. The Balaban J connectivity index is 1.57. The number of anilines is 3. The molecule has 0 bridgehead atoms. The van der Waals surface area contributed by atoms with Gasteiger partial charge in [0.1, 0.15) is 11.6 Å². The van der Waals surface area contributed by atoms with Gasteiger partial charge in [0.2, 0.25) is 0 Å². The molecule has 1 atom stereocenters. The topological polar surface area (TPSA) is 35.5 Å². The molecule has 0 spiro atoms. The van der Waals surface area contributed by atoms with E-state index in [0.29, 0.717) is 6.04 Å². The van der Waals surface area contributed by atoms with Crippen LogP contribution in [-0.4, -0.2) is 53.6 Å². The Labute approximate surface area is 179 Å². The maximum absolute atomic E-state index is 5.04. The molecule has 0 N–H and O–H groups in total. The molecule has 2 aliphatic rings. The molecule has 3 aromatic rings. The summed E-state index contributed by atoms with van der Waals surface area (Å²) < 4.78 is 0. The lowest BCUT2D eigenvalue weighted by Gasteiger charge is -2.35. The van der Waals surface area contributed by atoms with Crippen molar-refractivity contribution in [3.8, 4) is 11.4 Å². The highest BCUT2D eigenvalue weighted by molar-refractivity contribution is 5.72. The van der Waals surface area contributed by atoms with Crippen molar-refractivity contribution in [1.82, 2.24) is 14.9 Å². The van der Waals surface area contributed by atoms with Gasteiger partial charge in [-0.15, -0.1) is 0 Å². The minimum Gasteiger partial charge on any atom is -0.354 e. The first-order valence-corrected chi connectivity index (χ1v) is 11.0. The summed E-state index contributed by atoms with van der Waals surface area (Å²) in [5, 5.41) is 0. The van der Waals surface area contributed by atoms with Crippen LogP contribution in [0.4, 0.5) is 17.3 Å². The van der Waals surface area contributed by atoms with E-state index in [1.165, 1.54) is 11.3 Å². The van der Waals surface area contributed by atoms with E-state index in [1.807, 2.05) is 6.07 Å². The van der Waals surface area contributed by atoms with E-state index in [4.69, 9.17) is 9.97 Å². The van der Waals surface area contributed by atoms with Crippen molar-refractivity contribution in [3.05, 3.63) is 66.2 Å². The minimum absolute atomic E-state index is 0.380. The SMILES string of the molecule is CCN1CCN(c2cc(N3c4ccccc4CC3C)nc(-c3ccccc3)n2)CC1. The van der Waals surface area contributed by atoms with Gasteiger partial charge in [-0.05, 0) is 31.5 Å². The van der Waals surface area contributed by atoms with E-state index in [1.54, 1.807) is 0 Å². The fourth-order valence-electron chi connectivity index (χ4n) is 4.63. The molecule has 1 aromatic heterocycles. The van der Waals surface area contributed by atoms with Crippen molar-refractivity contribution >= 4 is 17.3 Å². The molecule has 30 heavy (non-hydrogen) atoms. The van der Waals surface area contributed by atoms with Gasteiger partial charge in [0.25, 0.3) is 0 Å². The average Bonchev–Trinajstić information content (AvgIpc) is 3.15. The van der Waals surface area contributed by atoms with Gasteiger partial charge in [-0.3, -0.25) is 0 Å². The highest BCUT2D eigenvalue weighted by Gasteiger charge is 2.29. The lowest BCUT2D eigenvalue weighted by molar-refractivity contribution is 0.270. The summed E-state index contributed by atoms with van der Waals surface area (Å²) in [6.45, 7) is 9.80. The number of aromatic nitrogens is 2. The summed E-state index contributed by atoms with van der Waals surface area (Å²) in [5.74, 6) is 2.83. The van der Waals surface area contributed by atoms with E-state index >= 15 is 0 Å². The Morgan fingerprint density at radius 2 is 1.57 bits per heavy atom. The maximum Gasteiger partial charge on any atom is 0.163 e. The number of piperazine rings is 1. The van der Waals surface area contributed by atoms with Crippen molar-refractivity contribution in [2.24, 2.45) is 0 Å². The van der Waals surface area contributed by atoms with Crippen LogP contribution < -0.4 is 9.80 Å². The molecule has 5 nitrogen and oxygen atoms in total. The Morgan fingerprint density at radius 1 is 0.867 bits per heavy atom. The Hall–Kier alpha value is -2.92. The quantitative estimate of drug-likeness (QED) is 0.651. The zero-order chi connectivity index (χ0) is 20.5. The molecule has 1 saturated heterocycles. The first kappa shape index (κ1) is 19.1. The van der Waals surface area contributed by atoms with Gasteiger partial charge >= 0.3 is 0 Å². The fraction of sp³-hybridized carbons (Fsp3) is 0.360. The molecule has 1 fully saturated rings. The van der Waals surface area contributed by atoms with E-state index < -0.39 is 0 Å². The van der Waals surface area contributed by atoms with Crippen LogP contribution in [0.15, 0.2) is 60.7 Å². The van der Waals surface area contributed by atoms with Crippen LogP contribution in [0.1, 0.15) is 19.4 Å². The van der Waals surface area contributed by atoms with Crippen molar-refractivity contribution in [2.75, 3.05) is 42.5 Å². The second-order valence-electron chi connectivity index (χ2n) is 8.25. The van der Waals surface area contributed by atoms with Crippen molar-refractivity contribution in [3.63, 3.8) is 0 Å². The van der Waals surface area contributed by atoms with Gasteiger partial charge in [0, 0.05) is 49.5 Å². The molecular formula is C25H29N5. The molecule has 2 aromatic carbocycles. The summed E-state index contributed by atoms with van der Waals surface area (Å²) in [4.78, 5) is 17.3. The number of benzene rings is 2. The van der Waals surface area contributed by atoms with Crippen LogP contribution in [0.2, 0.25) is 0 Å². The molecule has 0 amide bonds. The smallest absolute Gasteiger partial charge is 0.163 e. The molecule has 2 aliphatic heterocycles. The van der Waals surface area contributed by atoms with Gasteiger partial charge in [0.05, 0.1) is 0 Å². The third-order valence-corrected chi connectivity index (χ3v) is 6.33. The Kier molecular flexibility index (Phi) is 5.13. The molecular weight excluding hydrogens is 370 g/mol. The molecule has 5 heteroatoms. The predicted octanol–water partition coefficient (Wildman–Crippen LogP) is 4.37. The number of hydrogen-bond acceptors (Lipinski definition) is 5. The third kappa shape index (κ3) is 3.54. The predicted molar refractivity (Wildman–Crippen MR) is 124 cm³/mol. The lowest BCUT2D eigenvalue weighted by atomic mass is 10.1. The van der Waals surface area contributed by atoms with E-state index in [0.717, 1.165) is 62.2 Å². The third-order valence-electron chi connectivity index (χ3n) is 6.33. The number of para-hydroxylation sites is 1. The second-order valence-corrected chi connectivity index (χ2v) is 8.25. The standard InChI is InChI=1S/C25H29N5/c1-3-28-13-15-29(16-14-28)23-18-24(27-25(26-23)20-9-5-4-6-10-20)30-19(2)17-21-11-7-8-12-22(21)30/h4-12,18-19H,3,13-17H2,1-2H3. The van der Waals surface area contributed by atoms with E-state index in [9.17, 15) is 0 Å². The lowest BCUT2D eigenvalue weighted by Crippen LogP contribution is -2.46. The minimum atomic E-state index is 0.380. The average molecular weight is 400 g/mol. The summed E-state index contributed by atoms with van der Waals surface area (Å²) in [7, 11) is 0. The number of likely N-dealkylation sites (N-methyl/N-ethyl adjacent to an activating group) is 1. The molecule has 1 unspecified atom stereocenters. The normalized spacial score (nSPS) is 19.2. The second kappa shape index (κ2) is 8.07. The van der Waals surface area contributed by atoms with Gasteiger partial charge in [0.15, 0.2) is 5.82 Å². The van der Waals surface area contributed by atoms with Crippen LogP contribution in [0, 0.1) is 0 Å². The van der Waals surface area contributed by atoms with Crippen LogP contribution >= 0.6 is 0 Å². The summed E-state index contributed by atoms with van der Waals surface area (Å²) in [6.07, 6.45) is 1.05. The van der Waals surface area contributed by atoms with E-state index in [2.05, 4.69) is 83.1 Å². The zero-order valence-corrected chi connectivity index (χ0v) is 17.8. The van der Waals surface area contributed by atoms with Crippen LogP contribution in [-0.2, 0) is 6.42 Å². The number of hydrogen-bond donors (Lipinski definition) is 0.